The predicted octanol–water partition coefficient (Wildman–Crippen LogP) is 0.220. The molecule has 0 aliphatic heterocycles. The third-order valence-electron chi connectivity index (χ3n) is 1.39. The van der Waals surface area contributed by atoms with E-state index in [2.05, 4.69) is 26.9 Å². The Morgan fingerprint density at radius 1 is 1.80 bits per heavy atom. The van der Waals surface area contributed by atoms with Crippen molar-refractivity contribution in [3.63, 3.8) is 0 Å². The Morgan fingerprint density at radius 2 is 2.60 bits per heavy atom. The minimum Gasteiger partial charge on any atom is -0.343 e. The van der Waals surface area contributed by atoms with E-state index in [0.29, 0.717) is 6.04 Å². The van der Waals surface area contributed by atoms with Crippen LogP contribution in [0.1, 0.15) is 12.7 Å². The minimum atomic E-state index is 0.401. The number of aromatic nitrogens is 2. The van der Waals surface area contributed by atoms with Crippen molar-refractivity contribution in [3.8, 4) is 0 Å². The molecule has 4 heteroatoms. The SMILES string of the molecule is CNC(C)Cc1ncon1. The van der Waals surface area contributed by atoms with E-state index >= 15 is 0 Å². The van der Waals surface area contributed by atoms with Crippen molar-refractivity contribution >= 4 is 0 Å². The molecule has 0 aliphatic carbocycles. The maximum atomic E-state index is 4.57. The topological polar surface area (TPSA) is 51.0 Å². The van der Waals surface area contributed by atoms with Gasteiger partial charge in [0.1, 0.15) is 0 Å². The molecule has 0 aromatic carbocycles. The van der Waals surface area contributed by atoms with Crippen LogP contribution >= 0.6 is 0 Å². The molecule has 4 nitrogen and oxygen atoms in total. The van der Waals surface area contributed by atoms with E-state index in [9.17, 15) is 0 Å². The molecule has 1 aromatic heterocycles. The summed E-state index contributed by atoms with van der Waals surface area (Å²) in [6, 6.07) is 0.401. The molecule has 56 valence electrons. The van der Waals surface area contributed by atoms with Crippen LogP contribution in [-0.4, -0.2) is 23.2 Å². The number of likely N-dealkylation sites (N-methyl/N-ethyl adjacent to an activating group) is 1. The monoisotopic (exact) mass is 141 g/mol. The smallest absolute Gasteiger partial charge is 0.213 e. The van der Waals surface area contributed by atoms with Gasteiger partial charge in [0, 0.05) is 12.5 Å². The van der Waals surface area contributed by atoms with Gasteiger partial charge in [-0.15, -0.1) is 0 Å². The number of hydrogen-bond donors (Lipinski definition) is 1. The maximum absolute atomic E-state index is 4.57. The molecule has 0 aliphatic rings. The summed E-state index contributed by atoms with van der Waals surface area (Å²) < 4.78 is 4.57. The summed E-state index contributed by atoms with van der Waals surface area (Å²) >= 11 is 0. The van der Waals surface area contributed by atoms with Crippen molar-refractivity contribution in [1.29, 1.82) is 0 Å². The Labute approximate surface area is 59.6 Å². The first-order valence-corrected chi connectivity index (χ1v) is 3.25. The number of hydrogen-bond acceptors (Lipinski definition) is 4. The molecule has 1 aromatic rings. The summed E-state index contributed by atoms with van der Waals surface area (Å²) in [5.74, 6) is 0.752. The first kappa shape index (κ1) is 7.21. The zero-order valence-electron chi connectivity index (χ0n) is 6.16. The Morgan fingerprint density at radius 3 is 3.10 bits per heavy atom. The molecule has 0 fully saturated rings. The van der Waals surface area contributed by atoms with Crippen molar-refractivity contribution in [2.75, 3.05) is 7.05 Å². The highest BCUT2D eigenvalue weighted by molar-refractivity contribution is 4.82. The van der Waals surface area contributed by atoms with Crippen LogP contribution in [0, 0.1) is 0 Å². The Kier molecular flexibility index (Phi) is 2.39. The number of nitrogens with zero attached hydrogens (tertiary/aromatic N) is 2. The zero-order chi connectivity index (χ0) is 7.40. The molecule has 0 saturated heterocycles. The summed E-state index contributed by atoms with van der Waals surface area (Å²) in [6.07, 6.45) is 2.16. The third kappa shape index (κ3) is 1.80. The van der Waals surface area contributed by atoms with Crippen molar-refractivity contribution in [1.82, 2.24) is 15.5 Å². The quantitative estimate of drug-likeness (QED) is 0.654. The molecule has 0 bridgehead atoms. The first-order valence-electron chi connectivity index (χ1n) is 3.25. The maximum Gasteiger partial charge on any atom is 0.213 e. The Bertz CT molecular complexity index is 173. The fraction of sp³-hybridized carbons (Fsp3) is 0.667. The van der Waals surface area contributed by atoms with Gasteiger partial charge >= 0.3 is 0 Å². The van der Waals surface area contributed by atoms with Gasteiger partial charge in [-0.3, -0.25) is 0 Å². The van der Waals surface area contributed by atoms with Crippen LogP contribution in [0.2, 0.25) is 0 Å². The molecule has 0 saturated carbocycles. The second kappa shape index (κ2) is 3.31. The van der Waals surface area contributed by atoms with Gasteiger partial charge in [-0.2, -0.15) is 4.98 Å². The average Bonchev–Trinajstić information content (AvgIpc) is 2.40. The molecule has 1 unspecified atom stereocenters. The molecular weight excluding hydrogens is 130 g/mol. The van der Waals surface area contributed by atoms with E-state index in [-0.39, 0.29) is 0 Å². The van der Waals surface area contributed by atoms with Crippen molar-refractivity contribution < 1.29 is 4.52 Å². The van der Waals surface area contributed by atoms with Gasteiger partial charge in [0.15, 0.2) is 5.82 Å². The van der Waals surface area contributed by atoms with Gasteiger partial charge in [-0.05, 0) is 14.0 Å². The fourth-order valence-electron chi connectivity index (χ4n) is 0.658. The molecular formula is C6H11N3O. The lowest BCUT2D eigenvalue weighted by atomic mass is 10.2. The van der Waals surface area contributed by atoms with Crippen molar-refractivity contribution in [2.45, 2.75) is 19.4 Å². The van der Waals surface area contributed by atoms with Gasteiger partial charge < -0.3 is 9.84 Å². The fourth-order valence-corrected chi connectivity index (χ4v) is 0.658. The molecule has 0 amide bonds. The summed E-state index contributed by atoms with van der Waals surface area (Å²) in [6.45, 7) is 2.07. The van der Waals surface area contributed by atoms with Crippen LogP contribution in [0.5, 0.6) is 0 Å². The Balaban J connectivity index is 2.40. The highest BCUT2D eigenvalue weighted by atomic mass is 16.5. The van der Waals surface area contributed by atoms with Crippen LogP contribution in [0.3, 0.4) is 0 Å². The summed E-state index contributed by atoms with van der Waals surface area (Å²) in [4.78, 5) is 3.89. The lowest BCUT2D eigenvalue weighted by molar-refractivity contribution is 0.406. The largest absolute Gasteiger partial charge is 0.343 e. The predicted molar refractivity (Wildman–Crippen MR) is 36.5 cm³/mol. The molecule has 10 heavy (non-hydrogen) atoms. The lowest BCUT2D eigenvalue weighted by Crippen LogP contribution is -2.23. The molecule has 1 N–H and O–H groups in total. The van der Waals surface area contributed by atoms with E-state index in [4.69, 9.17) is 0 Å². The second-order valence-corrected chi connectivity index (χ2v) is 2.24. The van der Waals surface area contributed by atoms with Gasteiger partial charge in [0.25, 0.3) is 0 Å². The van der Waals surface area contributed by atoms with Crippen molar-refractivity contribution in [3.05, 3.63) is 12.2 Å². The van der Waals surface area contributed by atoms with Gasteiger partial charge in [-0.1, -0.05) is 5.16 Å². The Hall–Kier alpha value is -0.900. The van der Waals surface area contributed by atoms with Crippen molar-refractivity contribution in [2.24, 2.45) is 0 Å². The molecule has 1 atom stereocenters. The van der Waals surface area contributed by atoms with E-state index in [1.54, 1.807) is 0 Å². The minimum absolute atomic E-state index is 0.401. The lowest BCUT2D eigenvalue weighted by Gasteiger charge is -2.04. The highest BCUT2D eigenvalue weighted by Crippen LogP contribution is 1.93. The zero-order valence-corrected chi connectivity index (χ0v) is 6.16. The average molecular weight is 141 g/mol. The summed E-state index contributed by atoms with van der Waals surface area (Å²) in [5, 5.41) is 6.76. The van der Waals surface area contributed by atoms with Crippen LogP contribution in [0.4, 0.5) is 0 Å². The van der Waals surface area contributed by atoms with E-state index < -0.39 is 0 Å². The summed E-state index contributed by atoms with van der Waals surface area (Å²) in [5.41, 5.74) is 0. The molecule has 0 radical (unpaired) electrons. The highest BCUT2D eigenvalue weighted by Gasteiger charge is 2.03. The third-order valence-corrected chi connectivity index (χ3v) is 1.39. The number of rotatable bonds is 3. The van der Waals surface area contributed by atoms with Gasteiger partial charge in [0.05, 0.1) is 0 Å². The number of nitrogens with one attached hydrogen (secondary N) is 1. The van der Waals surface area contributed by atoms with Crippen LogP contribution < -0.4 is 5.32 Å². The van der Waals surface area contributed by atoms with E-state index in [1.807, 2.05) is 7.05 Å². The normalized spacial score (nSPS) is 13.4. The first-order chi connectivity index (χ1) is 4.83. The van der Waals surface area contributed by atoms with E-state index in [1.165, 1.54) is 6.39 Å². The van der Waals surface area contributed by atoms with Crippen LogP contribution in [0.25, 0.3) is 0 Å². The van der Waals surface area contributed by atoms with Crippen LogP contribution in [0.15, 0.2) is 10.9 Å². The molecule has 1 rings (SSSR count). The second-order valence-electron chi connectivity index (χ2n) is 2.24. The van der Waals surface area contributed by atoms with Gasteiger partial charge in [0.2, 0.25) is 6.39 Å². The van der Waals surface area contributed by atoms with Crippen LogP contribution in [-0.2, 0) is 6.42 Å². The van der Waals surface area contributed by atoms with Gasteiger partial charge in [-0.25, -0.2) is 0 Å². The standard InChI is InChI=1S/C6H11N3O/c1-5(7-2)3-6-8-4-10-9-6/h4-5,7H,3H2,1-2H3. The summed E-state index contributed by atoms with van der Waals surface area (Å²) in [7, 11) is 1.91. The molecule has 0 spiro atoms. The van der Waals surface area contributed by atoms with E-state index in [0.717, 1.165) is 12.2 Å². The molecule has 1 heterocycles.